The average molecular weight is 158 g/mol. The molecular formula is C8H14O3. The molecule has 0 aliphatic heterocycles. The second kappa shape index (κ2) is 3.22. The highest BCUT2D eigenvalue weighted by molar-refractivity contribution is 5.80. The van der Waals surface area contributed by atoms with Gasteiger partial charge in [-0.25, -0.2) is 4.79 Å². The molecule has 0 atom stereocenters. The van der Waals surface area contributed by atoms with Gasteiger partial charge in [0.25, 0.3) is 0 Å². The Hall–Kier alpha value is -0.570. The molecule has 3 heteroatoms. The molecule has 0 aromatic carbocycles. The van der Waals surface area contributed by atoms with Crippen LogP contribution in [0.15, 0.2) is 0 Å². The Balaban J connectivity index is 2.28. The molecule has 11 heavy (non-hydrogen) atoms. The second-order valence-electron chi connectivity index (χ2n) is 3.02. The van der Waals surface area contributed by atoms with Crippen LogP contribution in [0.3, 0.4) is 0 Å². The van der Waals surface area contributed by atoms with Gasteiger partial charge < -0.3 is 9.84 Å². The molecule has 3 nitrogen and oxygen atoms in total. The van der Waals surface area contributed by atoms with Crippen molar-refractivity contribution < 1.29 is 14.6 Å². The molecule has 1 N–H and O–H groups in total. The number of hydrogen-bond donors (Lipinski definition) is 1. The number of carbonyl (C=O) groups is 1. The lowest BCUT2D eigenvalue weighted by molar-refractivity contribution is -0.174. The Morgan fingerprint density at radius 2 is 2.27 bits per heavy atom. The van der Waals surface area contributed by atoms with Crippen molar-refractivity contribution in [3.63, 3.8) is 0 Å². The third-order valence-electron chi connectivity index (χ3n) is 2.00. The van der Waals surface area contributed by atoms with Crippen LogP contribution in [0.5, 0.6) is 0 Å². The molecule has 1 rings (SSSR count). The maximum Gasteiger partial charge on any atom is 0.338 e. The predicted molar refractivity (Wildman–Crippen MR) is 40.1 cm³/mol. The number of rotatable bonds is 3. The summed E-state index contributed by atoms with van der Waals surface area (Å²) in [5.41, 5.74) is -1.13. The molecule has 0 heterocycles. The summed E-state index contributed by atoms with van der Waals surface area (Å²) in [6.45, 7) is 2.35. The van der Waals surface area contributed by atoms with Crippen LogP contribution in [0.2, 0.25) is 0 Å². The average Bonchev–Trinajstić information content (AvgIpc) is 1.95. The zero-order chi connectivity index (χ0) is 8.32. The third-order valence-corrected chi connectivity index (χ3v) is 2.00. The van der Waals surface area contributed by atoms with Gasteiger partial charge in [0.15, 0.2) is 5.60 Å². The lowest BCUT2D eigenvalue weighted by atomic mass is 9.80. The third kappa shape index (κ3) is 1.71. The van der Waals surface area contributed by atoms with E-state index in [0.717, 1.165) is 12.8 Å². The van der Waals surface area contributed by atoms with Gasteiger partial charge in [0.2, 0.25) is 0 Å². The predicted octanol–water partition coefficient (Wildman–Crippen LogP) is 0.855. The molecule has 1 fully saturated rings. The van der Waals surface area contributed by atoms with E-state index in [1.165, 1.54) is 0 Å². The summed E-state index contributed by atoms with van der Waals surface area (Å²) in [6.07, 6.45) is 2.87. The van der Waals surface area contributed by atoms with Gasteiger partial charge in [0, 0.05) is 0 Å². The first-order valence-corrected chi connectivity index (χ1v) is 4.08. The summed E-state index contributed by atoms with van der Waals surface area (Å²) in [5, 5.41) is 9.43. The smallest absolute Gasteiger partial charge is 0.338 e. The van der Waals surface area contributed by atoms with E-state index in [-0.39, 0.29) is 0 Å². The summed E-state index contributed by atoms with van der Waals surface area (Å²) >= 11 is 0. The van der Waals surface area contributed by atoms with Gasteiger partial charge in [0.1, 0.15) is 0 Å². The molecule has 1 aliphatic carbocycles. The summed E-state index contributed by atoms with van der Waals surface area (Å²) in [5.74, 6) is -0.439. The van der Waals surface area contributed by atoms with E-state index in [2.05, 4.69) is 0 Å². The number of esters is 1. The standard InChI is InChI=1S/C8H14O3/c1-2-6-11-7(9)8(10)4-3-5-8/h10H,2-6H2,1H3. The van der Waals surface area contributed by atoms with Crippen molar-refractivity contribution in [2.75, 3.05) is 6.61 Å². The van der Waals surface area contributed by atoms with Crippen LogP contribution in [0.4, 0.5) is 0 Å². The van der Waals surface area contributed by atoms with Crippen molar-refractivity contribution in [2.24, 2.45) is 0 Å². The van der Waals surface area contributed by atoms with E-state index < -0.39 is 11.6 Å². The number of ether oxygens (including phenoxy) is 1. The van der Waals surface area contributed by atoms with Gasteiger partial charge in [-0.05, 0) is 25.7 Å². The normalized spacial score (nSPS) is 20.5. The van der Waals surface area contributed by atoms with Crippen LogP contribution in [0.25, 0.3) is 0 Å². The van der Waals surface area contributed by atoms with Gasteiger partial charge in [0.05, 0.1) is 6.61 Å². The fraction of sp³-hybridized carbons (Fsp3) is 0.875. The lowest BCUT2D eigenvalue weighted by Crippen LogP contribution is -2.46. The molecule has 0 saturated heterocycles. The van der Waals surface area contributed by atoms with Gasteiger partial charge in [-0.15, -0.1) is 0 Å². The van der Waals surface area contributed by atoms with Crippen LogP contribution in [-0.4, -0.2) is 23.3 Å². The van der Waals surface area contributed by atoms with Gasteiger partial charge >= 0.3 is 5.97 Å². The Kier molecular flexibility index (Phi) is 2.49. The second-order valence-corrected chi connectivity index (χ2v) is 3.02. The first-order valence-electron chi connectivity index (χ1n) is 4.08. The minimum atomic E-state index is -1.13. The summed E-state index contributed by atoms with van der Waals surface area (Å²) in [6, 6.07) is 0. The van der Waals surface area contributed by atoms with Gasteiger partial charge in [-0.1, -0.05) is 6.92 Å². The maximum absolute atomic E-state index is 11.0. The monoisotopic (exact) mass is 158 g/mol. The fourth-order valence-corrected chi connectivity index (χ4v) is 1.04. The Bertz CT molecular complexity index is 149. The molecule has 1 saturated carbocycles. The highest BCUT2D eigenvalue weighted by Gasteiger charge is 2.43. The Morgan fingerprint density at radius 3 is 2.64 bits per heavy atom. The van der Waals surface area contributed by atoms with Crippen molar-refractivity contribution >= 4 is 5.97 Å². The summed E-state index contributed by atoms with van der Waals surface area (Å²) < 4.78 is 4.81. The largest absolute Gasteiger partial charge is 0.464 e. The molecule has 0 aromatic heterocycles. The van der Waals surface area contributed by atoms with E-state index in [1.807, 2.05) is 6.92 Å². The van der Waals surface area contributed by atoms with Crippen LogP contribution < -0.4 is 0 Å². The zero-order valence-corrected chi connectivity index (χ0v) is 6.80. The van der Waals surface area contributed by atoms with E-state index in [0.29, 0.717) is 19.4 Å². The highest BCUT2D eigenvalue weighted by Crippen LogP contribution is 2.32. The van der Waals surface area contributed by atoms with E-state index in [1.54, 1.807) is 0 Å². The van der Waals surface area contributed by atoms with Crippen LogP contribution in [-0.2, 0) is 9.53 Å². The number of hydrogen-bond acceptors (Lipinski definition) is 3. The molecule has 0 bridgehead atoms. The van der Waals surface area contributed by atoms with Crippen molar-refractivity contribution in [2.45, 2.75) is 38.2 Å². The molecule has 0 spiro atoms. The zero-order valence-electron chi connectivity index (χ0n) is 6.80. The summed E-state index contributed by atoms with van der Waals surface area (Å²) in [7, 11) is 0. The molecule has 0 radical (unpaired) electrons. The van der Waals surface area contributed by atoms with Crippen molar-refractivity contribution in [1.82, 2.24) is 0 Å². The Labute approximate surface area is 66.4 Å². The maximum atomic E-state index is 11.0. The SMILES string of the molecule is CCCOC(=O)C1(O)CCC1. The van der Waals surface area contributed by atoms with Crippen molar-refractivity contribution in [1.29, 1.82) is 0 Å². The minimum absolute atomic E-state index is 0.418. The lowest BCUT2D eigenvalue weighted by Gasteiger charge is -2.33. The molecule has 0 aromatic rings. The first-order chi connectivity index (χ1) is 5.19. The van der Waals surface area contributed by atoms with Crippen LogP contribution >= 0.6 is 0 Å². The molecular weight excluding hydrogens is 144 g/mol. The summed E-state index contributed by atoms with van der Waals surface area (Å²) in [4.78, 5) is 11.0. The van der Waals surface area contributed by atoms with Gasteiger partial charge in [-0.2, -0.15) is 0 Å². The topological polar surface area (TPSA) is 46.5 Å². The molecule has 1 aliphatic rings. The highest BCUT2D eigenvalue weighted by atomic mass is 16.5. The van der Waals surface area contributed by atoms with Crippen LogP contribution in [0, 0.1) is 0 Å². The Morgan fingerprint density at radius 1 is 1.64 bits per heavy atom. The van der Waals surface area contributed by atoms with Crippen molar-refractivity contribution in [3.8, 4) is 0 Å². The van der Waals surface area contributed by atoms with E-state index >= 15 is 0 Å². The first kappa shape index (κ1) is 8.53. The van der Waals surface area contributed by atoms with Crippen molar-refractivity contribution in [3.05, 3.63) is 0 Å². The van der Waals surface area contributed by atoms with E-state index in [9.17, 15) is 9.90 Å². The molecule has 0 unspecified atom stereocenters. The van der Waals surface area contributed by atoms with Crippen LogP contribution in [0.1, 0.15) is 32.6 Å². The minimum Gasteiger partial charge on any atom is -0.464 e. The van der Waals surface area contributed by atoms with E-state index in [4.69, 9.17) is 4.74 Å². The van der Waals surface area contributed by atoms with Gasteiger partial charge in [-0.3, -0.25) is 0 Å². The number of carbonyl (C=O) groups excluding carboxylic acids is 1. The molecule has 64 valence electrons. The fourth-order valence-electron chi connectivity index (χ4n) is 1.04. The quantitative estimate of drug-likeness (QED) is 0.619. The molecule has 0 amide bonds. The number of aliphatic hydroxyl groups is 1.